The Bertz CT molecular complexity index is 156. The van der Waals surface area contributed by atoms with Crippen molar-refractivity contribution in [2.24, 2.45) is 5.92 Å². The lowest BCUT2D eigenvalue weighted by atomic mass is 9.92. The van der Waals surface area contributed by atoms with Crippen LogP contribution in [0.1, 0.15) is 19.3 Å². The van der Waals surface area contributed by atoms with Crippen LogP contribution in [-0.4, -0.2) is 36.8 Å². The highest BCUT2D eigenvalue weighted by atomic mass is 16.3. The molecule has 1 aliphatic heterocycles. The van der Waals surface area contributed by atoms with Crippen molar-refractivity contribution in [3.8, 4) is 0 Å². The molecule has 1 heterocycles. The number of piperidine rings is 1. The second-order valence-electron chi connectivity index (χ2n) is 3.88. The smallest absolute Gasteiger partial charge is 0.0639 e. The molecule has 1 atom stereocenters. The van der Waals surface area contributed by atoms with E-state index in [9.17, 15) is 0 Å². The number of hydrogen-bond acceptors (Lipinski definition) is 2. The van der Waals surface area contributed by atoms with Gasteiger partial charge in [0.2, 0.25) is 0 Å². The molecule has 0 radical (unpaired) electrons. The molecular formula is C10H19NO. The standard InChI is InChI=1S/C10H19NO/c1-9(8-12)6-10-4-3-5-11(2)7-10/h10,12H,1,3-8H2,2H3. The molecule has 1 rings (SSSR count). The molecule has 2 nitrogen and oxygen atoms in total. The van der Waals surface area contributed by atoms with Crippen molar-refractivity contribution >= 4 is 0 Å². The van der Waals surface area contributed by atoms with Gasteiger partial charge in [0.05, 0.1) is 6.61 Å². The quantitative estimate of drug-likeness (QED) is 0.643. The van der Waals surface area contributed by atoms with Gasteiger partial charge in [-0.2, -0.15) is 0 Å². The zero-order valence-corrected chi connectivity index (χ0v) is 7.92. The molecule has 0 saturated carbocycles. The summed E-state index contributed by atoms with van der Waals surface area (Å²) in [4.78, 5) is 2.36. The first kappa shape index (κ1) is 9.75. The topological polar surface area (TPSA) is 23.5 Å². The van der Waals surface area contributed by atoms with E-state index in [4.69, 9.17) is 5.11 Å². The van der Waals surface area contributed by atoms with Crippen molar-refractivity contribution in [1.82, 2.24) is 4.90 Å². The van der Waals surface area contributed by atoms with E-state index >= 15 is 0 Å². The molecule has 0 aliphatic carbocycles. The van der Waals surface area contributed by atoms with Gasteiger partial charge in [0, 0.05) is 6.54 Å². The van der Waals surface area contributed by atoms with Gasteiger partial charge < -0.3 is 10.0 Å². The Morgan fingerprint density at radius 2 is 2.42 bits per heavy atom. The second kappa shape index (κ2) is 4.63. The molecule has 1 unspecified atom stereocenters. The maximum Gasteiger partial charge on any atom is 0.0639 e. The predicted octanol–water partition coefficient (Wildman–Crippen LogP) is 1.27. The summed E-state index contributed by atoms with van der Waals surface area (Å²) in [7, 11) is 2.16. The maximum atomic E-state index is 8.82. The van der Waals surface area contributed by atoms with Gasteiger partial charge in [-0.05, 0) is 38.8 Å². The van der Waals surface area contributed by atoms with E-state index in [1.54, 1.807) is 0 Å². The number of aliphatic hydroxyl groups is 1. The van der Waals surface area contributed by atoms with E-state index in [0.717, 1.165) is 17.9 Å². The minimum atomic E-state index is 0.153. The van der Waals surface area contributed by atoms with Crippen molar-refractivity contribution in [2.75, 3.05) is 26.7 Å². The lowest BCUT2D eigenvalue weighted by molar-refractivity contribution is 0.204. The molecule has 1 saturated heterocycles. The molecular weight excluding hydrogens is 150 g/mol. The van der Waals surface area contributed by atoms with Gasteiger partial charge >= 0.3 is 0 Å². The highest BCUT2D eigenvalue weighted by Gasteiger charge is 2.17. The van der Waals surface area contributed by atoms with Crippen molar-refractivity contribution in [3.63, 3.8) is 0 Å². The van der Waals surface area contributed by atoms with Crippen molar-refractivity contribution in [3.05, 3.63) is 12.2 Å². The first-order chi connectivity index (χ1) is 5.72. The molecule has 0 bridgehead atoms. The molecule has 0 aromatic rings. The maximum absolute atomic E-state index is 8.82. The van der Waals surface area contributed by atoms with Crippen LogP contribution in [0.4, 0.5) is 0 Å². The summed E-state index contributed by atoms with van der Waals surface area (Å²) in [5, 5.41) is 8.82. The summed E-state index contributed by atoms with van der Waals surface area (Å²) in [5.74, 6) is 0.725. The molecule has 0 spiro atoms. The van der Waals surface area contributed by atoms with Gasteiger partial charge in [-0.1, -0.05) is 12.2 Å². The summed E-state index contributed by atoms with van der Waals surface area (Å²) >= 11 is 0. The zero-order valence-electron chi connectivity index (χ0n) is 7.92. The van der Waals surface area contributed by atoms with Gasteiger partial charge in [0.15, 0.2) is 0 Å². The van der Waals surface area contributed by atoms with E-state index < -0.39 is 0 Å². The van der Waals surface area contributed by atoms with Crippen LogP contribution >= 0.6 is 0 Å². The third-order valence-corrected chi connectivity index (χ3v) is 2.52. The molecule has 1 aliphatic rings. The number of aliphatic hydroxyl groups excluding tert-OH is 1. The molecule has 1 N–H and O–H groups in total. The van der Waals surface area contributed by atoms with Gasteiger partial charge in [-0.3, -0.25) is 0 Å². The lowest BCUT2D eigenvalue weighted by Gasteiger charge is -2.29. The Hall–Kier alpha value is -0.340. The molecule has 0 aromatic carbocycles. The van der Waals surface area contributed by atoms with Crippen LogP contribution in [0.5, 0.6) is 0 Å². The van der Waals surface area contributed by atoms with Crippen LogP contribution in [0.15, 0.2) is 12.2 Å². The van der Waals surface area contributed by atoms with Crippen molar-refractivity contribution in [1.29, 1.82) is 0 Å². The van der Waals surface area contributed by atoms with Crippen LogP contribution in [-0.2, 0) is 0 Å². The molecule has 2 heteroatoms. The monoisotopic (exact) mass is 169 g/mol. The van der Waals surface area contributed by atoms with Crippen molar-refractivity contribution in [2.45, 2.75) is 19.3 Å². The third-order valence-electron chi connectivity index (χ3n) is 2.52. The average molecular weight is 169 g/mol. The SMILES string of the molecule is C=C(CO)CC1CCCN(C)C1. The fourth-order valence-corrected chi connectivity index (χ4v) is 1.91. The van der Waals surface area contributed by atoms with E-state index in [-0.39, 0.29) is 6.61 Å². The molecule has 1 fully saturated rings. The second-order valence-corrected chi connectivity index (χ2v) is 3.88. The third kappa shape index (κ3) is 2.95. The van der Waals surface area contributed by atoms with Crippen LogP contribution in [0.3, 0.4) is 0 Å². The minimum Gasteiger partial charge on any atom is -0.392 e. The molecule has 70 valence electrons. The van der Waals surface area contributed by atoms with E-state index in [2.05, 4.69) is 18.5 Å². The van der Waals surface area contributed by atoms with Crippen molar-refractivity contribution < 1.29 is 5.11 Å². The van der Waals surface area contributed by atoms with Gasteiger partial charge in [0.25, 0.3) is 0 Å². The Morgan fingerprint density at radius 3 is 3.00 bits per heavy atom. The Kier molecular flexibility index (Phi) is 3.76. The Morgan fingerprint density at radius 1 is 1.67 bits per heavy atom. The van der Waals surface area contributed by atoms with Gasteiger partial charge in [-0.15, -0.1) is 0 Å². The zero-order chi connectivity index (χ0) is 8.97. The fraction of sp³-hybridized carbons (Fsp3) is 0.800. The molecule has 0 amide bonds. The highest BCUT2D eigenvalue weighted by molar-refractivity contribution is 4.96. The first-order valence-electron chi connectivity index (χ1n) is 4.68. The lowest BCUT2D eigenvalue weighted by Crippen LogP contribution is -2.32. The van der Waals surface area contributed by atoms with Gasteiger partial charge in [0.1, 0.15) is 0 Å². The summed E-state index contributed by atoms with van der Waals surface area (Å²) in [6.45, 7) is 6.37. The van der Waals surface area contributed by atoms with Crippen LogP contribution in [0.25, 0.3) is 0 Å². The molecule has 0 aromatic heterocycles. The van der Waals surface area contributed by atoms with E-state index in [1.165, 1.54) is 25.9 Å². The highest BCUT2D eigenvalue weighted by Crippen LogP contribution is 2.21. The fourth-order valence-electron chi connectivity index (χ4n) is 1.91. The number of rotatable bonds is 3. The first-order valence-corrected chi connectivity index (χ1v) is 4.68. The van der Waals surface area contributed by atoms with E-state index in [1.807, 2.05) is 0 Å². The number of hydrogen-bond donors (Lipinski definition) is 1. The Labute approximate surface area is 74.9 Å². The summed E-state index contributed by atoms with van der Waals surface area (Å²) in [6, 6.07) is 0. The van der Waals surface area contributed by atoms with Crippen LogP contribution < -0.4 is 0 Å². The summed E-state index contributed by atoms with van der Waals surface area (Å²) < 4.78 is 0. The minimum absolute atomic E-state index is 0.153. The van der Waals surface area contributed by atoms with Gasteiger partial charge in [-0.25, -0.2) is 0 Å². The molecule has 12 heavy (non-hydrogen) atoms. The predicted molar refractivity (Wildman–Crippen MR) is 51.1 cm³/mol. The number of nitrogens with zero attached hydrogens (tertiary/aromatic N) is 1. The average Bonchev–Trinajstić information content (AvgIpc) is 2.04. The number of likely N-dealkylation sites (tertiary alicyclic amines) is 1. The summed E-state index contributed by atoms with van der Waals surface area (Å²) in [6.07, 6.45) is 3.59. The van der Waals surface area contributed by atoms with Crippen LogP contribution in [0, 0.1) is 5.92 Å². The Balaban J connectivity index is 2.27. The summed E-state index contributed by atoms with van der Waals surface area (Å²) in [5.41, 5.74) is 0.982. The largest absolute Gasteiger partial charge is 0.392 e. The van der Waals surface area contributed by atoms with Crippen LogP contribution in [0.2, 0.25) is 0 Å². The van der Waals surface area contributed by atoms with E-state index in [0.29, 0.717) is 0 Å². The normalized spacial score (nSPS) is 25.7.